The van der Waals surface area contributed by atoms with Crippen LogP contribution in [0.1, 0.15) is 0 Å². The van der Waals surface area contributed by atoms with Crippen molar-refractivity contribution in [3.8, 4) is 44.8 Å². The molecule has 0 aliphatic heterocycles. The zero-order valence-electron chi connectivity index (χ0n) is 43.6. The zero-order valence-corrected chi connectivity index (χ0v) is 45.2. The van der Waals surface area contributed by atoms with Gasteiger partial charge in [0.1, 0.15) is 0 Å². The van der Waals surface area contributed by atoms with Gasteiger partial charge in [-0.2, -0.15) is 0 Å². The average Bonchev–Trinajstić information content (AvgIpc) is 4.08. The maximum absolute atomic E-state index is 9.43. The highest BCUT2D eigenvalue weighted by Crippen LogP contribution is 2.36. The van der Waals surface area contributed by atoms with Gasteiger partial charge in [0.05, 0.1) is 22.1 Å². The third-order valence-corrected chi connectivity index (χ3v) is 14.8. The van der Waals surface area contributed by atoms with E-state index in [1.165, 1.54) is 60.9 Å². The van der Waals surface area contributed by atoms with Gasteiger partial charge in [0.2, 0.25) is 0 Å². The van der Waals surface area contributed by atoms with Crippen LogP contribution in [0.5, 0.6) is 0 Å². The Bertz CT molecular complexity index is 4340. The van der Waals surface area contributed by atoms with E-state index in [9.17, 15) is 10.0 Å². The highest BCUT2D eigenvalue weighted by molar-refractivity contribution is 9.10. The van der Waals surface area contributed by atoms with Gasteiger partial charge in [0, 0.05) is 60.1 Å². The van der Waals surface area contributed by atoms with E-state index in [-0.39, 0.29) is 0 Å². The second-order valence-corrected chi connectivity index (χ2v) is 20.4. The fourth-order valence-electron chi connectivity index (χ4n) is 10.4. The first-order chi connectivity index (χ1) is 39.4. The van der Waals surface area contributed by atoms with E-state index in [1.807, 2.05) is 66.7 Å². The van der Waals surface area contributed by atoms with Crippen molar-refractivity contribution in [2.24, 2.45) is 0 Å². The van der Waals surface area contributed by atoms with Gasteiger partial charge in [0.25, 0.3) is 0 Å². The summed E-state index contributed by atoms with van der Waals surface area (Å²) in [6.07, 6.45) is 0. The topological polar surface area (TPSA) is 74.4 Å². The largest absolute Gasteiger partial charge is 0.488 e. The average molecular weight is 1100 g/mol. The van der Waals surface area contributed by atoms with Crippen LogP contribution in [0.15, 0.2) is 308 Å². The first kappa shape index (κ1) is 51.1. The lowest BCUT2D eigenvalue weighted by Crippen LogP contribution is -2.29. The SMILES string of the molecule is Brc1ccc(Nc2ccc(-c3ccccc3)cc2)cc1.OB(O)c1ccc2c(c1)c1ccccc1n2-c1ccccc1.c1ccc(-c2ccc(Nc3ccc(-c4ccc5c(c4)c4ccccc4n5-c4ccccc4)cc3)cc2)cc1. The molecule has 0 fully saturated rings. The van der Waals surface area contributed by atoms with Crippen LogP contribution in [0.2, 0.25) is 0 Å². The number of nitrogens with one attached hydrogen (secondary N) is 2. The number of anilines is 4. The van der Waals surface area contributed by atoms with Crippen molar-refractivity contribution in [3.63, 3.8) is 0 Å². The standard InChI is InChI=1S/C36H26N2.C18H14BNO2.C18H14BrN/c1-3-9-26(10-4-1)27-15-20-30(21-16-27)37-31-22-17-28(18-23-31)29-19-24-36-34(25-29)33-13-7-8-14-35(33)38(36)32-11-5-2-6-12-32;21-19(22)13-10-11-18-16(12-13)15-8-4-5-9-17(15)20(18)14-6-2-1-3-7-14;19-16-8-12-18(13-9-16)20-17-10-6-15(7-11-17)14-4-2-1-3-5-14/h1-25,37H;1-12,21-22H;1-13,20H. The summed E-state index contributed by atoms with van der Waals surface area (Å²) in [5.41, 5.74) is 19.0. The summed E-state index contributed by atoms with van der Waals surface area (Å²) in [6, 6.07) is 105. The van der Waals surface area contributed by atoms with E-state index in [1.54, 1.807) is 6.07 Å². The van der Waals surface area contributed by atoms with Crippen LogP contribution < -0.4 is 16.1 Å². The summed E-state index contributed by atoms with van der Waals surface area (Å²) < 4.78 is 5.63. The molecular formula is C72H54BBrN4O2. The van der Waals surface area contributed by atoms with Crippen LogP contribution in [0.4, 0.5) is 22.7 Å². The smallest absolute Gasteiger partial charge is 0.423 e. The predicted molar refractivity (Wildman–Crippen MR) is 341 cm³/mol. The van der Waals surface area contributed by atoms with Crippen LogP contribution >= 0.6 is 15.9 Å². The first-order valence-corrected chi connectivity index (χ1v) is 27.4. The molecule has 0 saturated heterocycles. The monoisotopic (exact) mass is 1100 g/mol. The molecule has 0 spiro atoms. The summed E-state index contributed by atoms with van der Waals surface area (Å²) in [6.45, 7) is 0. The molecule has 0 aliphatic carbocycles. The molecule has 0 atom stereocenters. The maximum atomic E-state index is 9.43. The van der Waals surface area contributed by atoms with Crippen LogP contribution in [0.25, 0.3) is 88.4 Å². The lowest BCUT2D eigenvalue weighted by atomic mass is 9.80. The Morgan fingerprint density at radius 2 is 0.588 bits per heavy atom. The normalized spacial score (nSPS) is 10.9. The molecule has 0 unspecified atom stereocenters. The van der Waals surface area contributed by atoms with Crippen molar-refractivity contribution in [2.75, 3.05) is 10.6 Å². The first-order valence-electron chi connectivity index (χ1n) is 26.6. The number of fused-ring (bicyclic) bond motifs is 6. The zero-order chi connectivity index (χ0) is 54.2. The molecule has 8 heteroatoms. The van der Waals surface area contributed by atoms with Gasteiger partial charge in [-0.3, -0.25) is 0 Å². The van der Waals surface area contributed by atoms with Gasteiger partial charge < -0.3 is 29.8 Å². The Morgan fingerprint density at radius 3 is 1.01 bits per heavy atom. The quantitative estimate of drug-likeness (QED) is 0.103. The number of hydrogen-bond acceptors (Lipinski definition) is 4. The van der Waals surface area contributed by atoms with E-state index in [2.05, 4.69) is 266 Å². The summed E-state index contributed by atoms with van der Waals surface area (Å²) in [5.74, 6) is 0. The molecule has 12 aromatic carbocycles. The fourth-order valence-corrected chi connectivity index (χ4v) is 10.6. The van der Waals surface area contributed by atoms with Crippen LogP contribution in [-0.4, -0.2) is 26.3 Å². The Morgan fingerprint density at radius 1 is 0.275 bits per heavy atom. The number of halogens is 1. The van der Waals surface area contributed by atoms with Gasteiger partial charge >= 0.3 is 7.12 Å². The summed E-state index contributed by atoms with van der Waals surface area (Å²) in [5, 5.41) is 30.4. The molecule has 384 valence electrons. The van der Waals surface area contributed by atoms with E-state index >= 15 is 0 Å². The highest BCUT2D eigenvalue weighted by Gasteiger charge is 2.17. The number of aromatic nitrogens is 2. The van der Waals surface area contributed by atoms with Crippen molar-refractivity contribution in [3.05, 3.63) is 308 Å². The van der Waals surface area contributed by atoms with Gasteiger partial charge in [0.15, 0.2) is 0 Å². The van der Waals surface area contributed by atoms with Crippen molar-refractivity contribution < 1.29 is 10.0 Å². The van der Waals surface area contributed by atoms with E-state index < -0.39 is 7.12 Å². The Hall–Kier alpha value is -9.70. The van der Waals surface area contributed by atoms with Crippen LogP contribution in [0.3, 0.4) is 0 Å². The minimum Gasteiger partial charge on any atom is -0.423 e. The van der Waals surface area contributed by atoms with Crippen molar-refractivity contribution >= 4 is 94.9 Å². The highest BCUT2D eigenvalue weighted by atomic mass is 79.9. The number of benzene rings is 12. The molecule has 0 bridgehead atoms. The van der Waals surface area contributed by atoms with Crippen molar-refractivity contribution in [2.45, 2.75) is 0 Å². The number of nitrogens with zero attached hydrogens (tertiary/aromatic N) is 2. The lowest BCUT2D eigenvalue weighted by Gasteiger charge is -2.10. The predicted octanol–water partition coefficient (Wildman–Crippen LogP) is 18.2. The van der Waals surface area contributed by atoms with Gasteiger partial charge in [-0.05, 0) is 154 Å². The molecule has 0 amide bonds. The molecular weight excluding hydrogens is 1040 g/mol. The second kappa shape index (κ2) is 23.5. The lowest BCUT2D eigenvalue weighted by molar-refractivity contribution is 0.426. The third-order valence-electron chi connectivity index (χ3n) is 14.3. The Kier molecular flexibility index (Phi) is 15.0. The minimum atomic E-state index is -1.46. The van der Waals surface area contributed by atoms with Gasteiger partial charge in [-0.1, -0.05) is 204 Å². The van der Waals surface area contributed by atoms with E-state index in [4.69, 9.17) is 0 Å². The molecule has 0 radical (unpaired) electrons. The molecule has 0 saturated carbocycles. The number of para-hydroxylation sites is 4. The third kappa shape index (κ3) is 11.2. The van der Waals surface area contributed by atoms with Crippen LogP contribution in [-0.2, 0) is 0 Å². The van der Waals surface area contributed by atoms with Gasteiger partial charge in [-0.25, -0.2) is 0 Å². The molecule has 80 heavy (non-hydrogen) atoms. The van der Waals surface area contributed by atoms with E-state index in [0.29, 0.717) is 5.46 Å². The summed E-state index contributed by atoms with van der Waals surface area (Å²) >= 11 is 3.44. The summed E-state index contributed by atoms with van der Waals surface area (Å²) in [7, 11) is -1.46. The number of rotatable bonds is 10. The molecule has 14 rings (SSSR count). The molecule has 4 N–H and O–H groups in total. The molecule has 6 nitrogen and oxygen atoms in total. The molecule has 14 aromatic rings. The second-order valence-electron chi connectivity index (χ2n) is 19.5. The maximum Gasteiger partial charge on any atom is 0.488 e. The van der Waals surface area contributed by atoms with Crippen LogP contribution in [0, 0.1) is 0 Å². The number of hydrogen-bond donors (Lipinski definition) is 4. The summed E-state index contributed by atoms with van der Waals surface area (Å²) in [4.78, 5) is 0. The minimum absolute atomic E-state index is 0.503. The van der Waals surface area contributed by atoms with Gasteiger partial charge in [-0.15, -0.1) is 0 Å². The fraction of sp³-hybridized carbons (Fsp3) is 0. The molecule has 2 heterocycles. The Balaban J connectivity index is 0.000000129. The Labute approximate surface area is 474 Å². The van der Waals surface area contributed by atoms with E-state index in [0.717, 1.165) is 54.7 Å². The molecule has 0 aliphatic rings. The van der Waals surface area contributed by atoms with Crippen molar-refractivity contribution in [1.82, 2.24) is 9.13 Å². The van der Waals surface area contributed by atoms with Crippen molar-refractivity contribution in [1.29, 1.82) is 0 Å². The molecule has 2 aromatic heterocycles.